The molecule has 0 unspecified atom stereocenters. The number of aryl methyl sites for hydroxylation is 1. The second-order valence-electron chi connectivity index (χ2n) is 8.48. The number of carbonyl (C=O) groups is 1. The average molecular weight is 427 g/mol. The van der Waals surface area contributed by atoms with Crippen LogP contribution in [0.25, 0.3) is 10.9 Å². The monoisotopic (exact) mass is 427 g/mol. The van der Waals surface area contributed by atoms with Crippen molar-refractivity contribution >= 4 is 16.8 Å². The maximum atomic E-state index is 12.9. The third-order valence-electron chi connectivity index (χ3n) is 6.12. The molecule has 0 fully saturated rings. The Morgan fingerprint density at radius 1 is 1.23 bits per heavy atom. The van der Waals surface area contributed by atoms with Gasteiger partial charge < -0.3 is 10.1 Å². The molecule has 0 spiro atoms. The quantitative estimate of drug-likeness (QED) is 0.636. The minimum atomic E-state index is -4.48. The lowest BCUT2D eigenvalue weighted by Gasteiger charge is -2.18. The first-order valence-corrected chi connectivity index (χ1v) is 10.1. The third kappa shape index (κ3) is 3.35. The third-order valence-corrected chi connectivity index (χ3v) is 6.12. The molecule has 5 nitrogen and oxygen atoms in total. The number of nitrogens with one attached hydrogen (secondary N) is 1. The Morgan fingerprint density at radius 2 is 2.03 bits per heavy atom. The highest BCUT2D eigenvalue weighted by Gasteiger charge is 2.35. The van der Waals surface area contributed by atoms with Gasteiger partial charge in [-0.25, -0.2) is 4.98 Å². The van der Waals surface area contributed by atoms with Crippen molar-refractivity contribution in [1.29, 1.82) is 0 Å². The van der Waals surface area contributed by atoms with Gasteiger partial charge in [0.15, 0.2) is 0 Å². The van der Waals surface area contributed by atoms with Crippen LogP contribution in [-0.4, -0.2) is 15.9 Å². The van der Waals surface area contributed by atoms with Crippen LogP contribution < -0.4 is 5.32 Å². The minimum absolute atomic E-state index is 0.282. The van der Waals surface area contributed by atoms with E-state index in [2.05, 4.69) is 15.3 Å². The molecule has 1 atom stereocenters. The fourth-order valence-corrected chi connectivity index (χ4v) is 4.41. The topological polar surface area (TPSA) is 64.1 Å². The molecule has 1 aromatic carbocycles. The van der Waals surface area contributed by atoms with Gasteiger partial charge in [0.2, 0.25) is 0 Å². The smallest absolute Gasteiger partial charge is 0.366 e. The van der Waals surface area contributed by atoms with Gasteiger partial charge in [-0.05, 0) is 62.1 Å². The van der Waals surface area contributed by atoms with Crippen molar-refractivity contribution in [2.24, 2.45) is 0 Å². The van der Waals surface area contributed by atoms with Gasteiger partial charge in [0.1, 0.15) is 5.69 Å². The molecule has 8 heteroatoms. The first-order chi connectivity index (χ1) is 14.6. The van der Waals surface area contributed by atoms with Crippen LogP contribution in [0, 0.1) is 0 Å². The van der Waals surface area contributed by atoms with Crippen molar-refractivity contribution in [2.75, 3.05) is 0 Å². The molecule has 0 radical (unpaired) electrons. The molecule has 0 saturated carbocycles. The number of hydrogen-bond donors (Lipinski definition) is 1. The molecule has 0 saturated heterocycles. The summed E-state index contributed by atoms with van der Waals surface area (Å²) in [5.41, 5.74) is 2.99. The van der Waals surface area contributed by atoms with Gasteiger partial charge in [0, 0.05) is 28.4 Å². The van der Waals surface area contributed by atoms with Gasteiger partial charge in [-0.1, -0.05) is 6.07 Å². The molecule has 2 aliphatic rings. The van der Waals surface area contributed by atoms with E-state index in [1.165, 1.54) is 6.07 Å². The molecule has 1 amide bonds. The highest BCUT2D eigenvalue weighted by Crippen LogP contribution is 2.39. The van der Waals surface area contributed by atoms with E-state index in [0.29, 0.717) is 36.3 Å². The van der Waals surface area contributed by atoms with Crippen molar-refractivity contribution in [3.05, 3.63) is 70.2 Å². The van der Waals surface area contributed by atoms with E-state index in [1.54, 1.807) is 12.1 Å². The van der Waals surface area contributed by atoms with Crippen molar-refractivity contribution < 1.29 is 22.7 Å². The molecule has 1 aliphatic heterocycles. The number of alkyl halides is 3. The second-order valence-corrected chi connectivity index (χ2v) is 8.48. The first kappa shape index (κ1) is 19.9. The molecule has 1 N–H and O–H groups in total. The number of ether oxygens (including phenoxy) is 1. The van der Waals surface area contributed by atoms with Gasteiger partial charge in [-0.15, -0.1) is 0 Å². The lowest BCUT2D eigenvalue weighted by atomic mass is 9.95. The fourth-order valence-electron chi connectivity index (χ4n) is 4.41. The van der Waals surface area contributed by atoms with E-state index in [0.717, 1.165) is 28.1 Å². The van der Waals surface area contributed by atoms with Crippen LogP contribution in [0.15, 0.2) is 36.5 Å². The van der Waals surface area contributed by atoms with Crippen LogP contribution in [0.2, 0.25) is 0 Å². The number of pyridine rings is 2. The minimum Gasteiger partial charge on any atom is -0.366 e. The second kappa shape index (κ2) is 6.75. The van der Waals surface area contributed by atoms with E-state index in [4.69, 9.17) is 4.74 Å². The SMILES string of the molecule is CC1(C)OCc2c1cnc1ccc(C(=O)N[C@@H]3CCc4nc(C(F)(F)F)ccc43)cc21. The summed E-state index contributed by atoms with van der Waals surface area (Å²) in [7, 11) is 0. The normalized spacial score (nSPS) is 19.3. The molecule has 31 heavy (non-hydrogen) atoms. The summed E-state index contributed by atoms with van der Waals surface area (Å²) < 4.78 is 44.6. The summed E-state index contributed by atoms with van der Waals surface area (Å²) in [6, 6.07) is 7.33. The number of halogens is 3. The zero-order valence-corrected chi connectivity index (χ0v) is 17.0. The number of hydrogen-bond acceptors (Lipinski definition) is 4. The lowest BCUT2D eigenvalue weighted by Crippen LogP contribution is -2.27. The summed E-state index contributed by atoms with van der Waals surface area (Å²) in [6.45, 7) is 4.42. The molecular formula is C23H20F3N3O2. The standard InChI is InChI=1S/C23H20F3N3O2/c1-22(2)16-10-27-17-5-3-12(9-14(17)15(16)11-31-22)21(30)29-19-7-6-18-13(19)4-8-20(28-18)23(24,25)26/h3-5,8-10,19H,6-7,11H2,1-2H3,(H,29,30)/t19-/m1/s1. The van der Waals surface area contributed by atoms with E-state index in [-0.39, 0.29) is 11.9 Å². The van der Waals surface area contributed by atoms with Gasteiger partial charge in [-0.2, -0.15) is 13.2 Å². The van der Waals surface area contributed by atoms with Crippen LogP contribution in [0.3, 0.4) is 0 Å². The van der Waals surface area contributed by atoms with Crippen molar-refractivity contribution in [3.63, 3.8) is 0 Å². The summed E-state index contributed by atoms with van der Waals surface area (Å²) in [5, 5.41) is 3.82. The predicted octanol–water partition coefficient (Wildman–Crippen LogP) is 4.83. The molecule has 0 bridgehead atoms. The number of rotatable bonds is 2. The Labute approximate surface area is 176 Å². The van der Waals surface area contributed by atoms with Gasteiger partial charge in [0.05, 0.1) is 23.8 Å². The highest BCUT2D eigenvalue weighted by molar-refractivity contribution is 5.99. The van der Waals surface area contributed by atoms with Gasteiger partial charge in [0.25, 0.3) is 5.91 Å². The number of carbonyl (C=O) groups excluding carboxylic acids is 1. The summed E-state index contributed by atoms with van der Waals surface area (Å²) in [5.74, 6) is -0.282. The Bertz CT molecular complexity index is 1220. The zero-order chi connectivity index (χ0) is 22.0. The largest absolute Gasteiger partial charge is 0.433 e. The Kier molecular flexibility index (Phi) is 4.34. The fraction of sp³-hybridized carbons (Fsp3) is 0.348. The number of fused-ring (bicyclic) bond motifs is 4. The number of amides is 1. The van der Waals surface area contributed by atoms with E-state index in [9.17, 15) is 18.0 Å². The van der Waals surface area contributed by atoms with Crippen molar-refractivity contribution in [3.8, 4) is 0 Å². The number of benzene rings is 1. The molecule has 1 aliphatic carbocycles. The summed E-state index contributed by atoms with van der Waals surface area (Å²) >= 11 is 0. The lowest BCUT2D eigenvalue weighted by molar-refractivity contribution is -0.141. The average Bonchev–Trinajstić information content (AvgIpc) is 3.27. The van der Waals surface area contributed by atoms with E-state index < -0.39 is 17.5 Å². The van der Waals surface area contributed by atoms with Gasteiger partial charge >= 0.3 is 6.18 Å². The van der Waals surface area contributed by atoms with Crippen molar-refractivity contribution in [2.45, 2.75) is 51.1 Å². The number of aromatic nitrogens is 2. The molecule has 160 valence electrons. The predicted molar refractivity (Wildman–Crippen MR) is 107 cm³/mol. The van der Waals surface area contributed by atoms with E-state index >= 15 is 0 Å². The molecule has 2 aromatic heterocycles. The summed E-state index contributed by atoms with van der Waals surface area (Å²) in [4.78, 5) is 21.2. The van der Waals surface area contributed by atoms with Crippen LogP contribution >= 0.6 is 0 Å². The van der Waals surface area contributed by atoms with Crippen LogP contribution in [0.1, 0.15) is 64.7 Å². The Morgan fingerprint density at radius 3 is 2.81 bits per heavy atom. The Hall–Kier alpha value is -3.00. The first-order valence-electron chi connectivity index (χ1n) is 10.1. The van der Waals surface area contributed by atoms with Crippen molar-refractivity contribution in [1.82, 2.24) is 15.3 Å². The van der Waals surface area contributed by atoms with Crippen LogP contribution in [-0.2, 0) is 29.5 Å². The van der Waals surface area contributed by atoms with Crippen LogP contribution in [0.5, 0.6) is 0 Å². The molecule has 3 aromatic rings. The number of nitrogens with zero attached hydrogens (tertiary/aromatic N) is 2. The molecule has 5 rings (SSSR count). The Balaban J connectivity index is 1.42. The maximum absolute atomic E-state index is 12.9. The van der Waals surface area contributed by atoms with E-state index in [1.807, 2.05) is 26.1 Å². The maximum Gasteiger partial charge on any atom is 0.433 e. The van der Waals surface area contributed by atoms with Gasteiger partial charge in [-0.3, -0.25) is 9.78 Å². The highest BCUT2D eigenvalue weighted by atomic mass is 19.4. The van der Waals surface area contributed by atoms with Crippen LogP contribution in [0.4, 0.5) is 13.2 Å². The molecule has 3 heterocycles. The zero-order valence-electron chi connectivity index (χ0n) is 17.0. The summed E-state index contributed by atoms with van der Waals surface area (Å²) in [6.07, 6.45) is -1.75. The molecular weight excluding hydrogens is 407 g/mol.